The fourth-order valence-corrected chi connectivity index (χ4v) is 5.35. The van der Waals surface area contributed by atoms with Crippen LogP contribution >= 0.6 is 11.3 Å². The van der Waals surface area contributed by atoms with E-state index in [0.29, 0.717) is 6.54 Å². The Morgan fingerprint density at radius 3 is 2.70 bits per heavy atom. The van der Waals surface area contributed by atoms with Crippen LogP contribution < -0.4 is 5.32 Å². The van der Waals surface area contributed by atoms with Crippen molar-refractivity contribution in [3.05, 3.63) is 34.7 Å². The summed E-state index contributed by atoms with van der Waals surface area (Å²) in [6, 6.07) is 8.43. The number of nitrogens with one attached hydrogen (secondary N) is 1. The number of carbonyl (C=O) groups excluding carboxylic acids is 2. The van der Waals surface area contributed by atoms with Crippen LogP contribution in [-0.4, -0.2) is 61.4 Å². The first kappa shape index (κ1) is 22.8. The molecule has 164 valence electrons. The number of thiophene rings is 1. The second-order valence-electron chi connectivity index (χ2n) is 8.86. The maximum atomic E-state index is 13.1. The lowest BCUT2D eigenvalue weighted by Crippen LogP contribution is -2.43. The van der Waals surface area contributed by atoms with Crippen molar-refractivity contribution in [2.45, 2.75) is 52.0 Å². The van der Waals surface area contributed by atoms with Gasteiger partial charge in [0.05, 0.1) is 4.88 Å². The Hall–Kier alpha value is -1.92. The van der Waals surface area contributed by atoms with Gasteiger partial charge in [0.2, 0.25) is 5.91 Å². The molecule has 0 radical (unpaired) electrons. The monoisotopic (exact) mass is 429 g/mol. The molecule has 0 spiro atoms. The first-order valence-corrected chi connectivity index (χ1v) is 11.9. The molecule has 1 N–H and O–H groups in total. The highest BCUT2D eigenvalue weighted by Crippen LogP contribution is 2.34. The van der Waals surface area contributed by atoms with Gasteiger partial charge in [-0.15, -0.1) is 11.3 Å². The van der Waals surface area contributed by atoms with Gasteiger partial charge in [0.15, 0.2) is 0 Å². The molecule has 1 fully saturated rings. The Morgan fingerprint density at radius 1 is 1.20 bits per heavy atom. The number of nitrogens with zero attached hydrogens (tertiary/aromatic N) is 2. The average Bonchev–Trinajstić information content (AvgIpc) is 2.91. The van der Waals surface area contributed by atoms with Crippen LogP contribution in [0.1, 0.15) is 54.8 Å². The van der Waals surface area contributed by atoms with Crippen molar-refractivity contribution in [2.75, 3.05) is 33.7 Å². The number of hydrogen-bond donors (Lipinski definition) is 1. The van der Waals surface area contributed by atoms with Gasteiger partial charge in [-0.2, -0.15) is 0 Å². The average molecular weight is 430 g/mol. The quantitative estimate of drug-likeness (QED) is 0.719. The number of likely N-dealkylation sites (tertiary alicyclic amines) is 1. The summed E-state index contributed by atoms with van der Waals surface area (Å²) in [5, 5.41) is 4.24. The summed E-state index contributed by atoms with van der Waals surface area (Å²) < 4.78 is 1.14. The van der Waals surface area contributed by atoms with Crippen molar-refractivity contribution in [3.63, 3.8) is 0 Å². The highest BCUT2D eigenvalue weighted by Gasteiger charge is 2.29. The van der Waals surface area contributed by atoms with E-state index in [1.54, 1.807) is 11.3 Å². The van der Waals surface area contributed by atoms with Crippen LogP contribution in [0.25, 0.3) is 10.1 Å². The molecule has 6 heteroatoms. The number of likely N-dealkylation sites (N-methyl/N-ethyl adjacent to an activating group) is 1. The van der Waals surface area contributed by atoms with Crippen LogP contribution in [0.3, 0.4) is 0 Å². The third-order valence-corrected chi connectivity index (χ3v) is 7.05. The molecular weight excluding hydrogens is 394 g/mol. The molecule has 1 atom stereocenters. The van der Waals surface area contributed by atoms with E-state index in [1.807, 2.05) is 40.1 Å². The smallest absolute Gasteiger partial charge is 0.261 e. The minimum Gasteiger partial charge on any atom is -0.350 e. The molecule has 2 heterocycles. The Kier molecular flexibility index (Phi) is 7.89. The van der Waals surface area contributed by atoms with Crippen LogP contribution in [0, 0.1) is 5.92 Å². The van der Waals surface area contributed by atoms with Crippen LogP contribution in [0.5, 0.6) is 0 Å². The Balaban J connectivity index is 1.91. The zero-order chi connectivity index (χ0) is 21.7. The summed E-state index contributed by atoms with van der Waals surface area (Å²) in [5.74, 6) is 0.237. The van der Waals surface area contributed by atoms with E-state index in [1.165, 1.54) is 6.42 Å². The predicted octanol–water partition coefficient (Wildman–Crippen LogP) is 4.16. The Labute approximate surface area is 184 Å². The van der Waals surface area contributed by atoms with Crippen molar-refractivity contribution < 1.29 is 9.59 Å². The normalized spacial score (nSPS) is 17.5. The third-order valence-electron chi connectivity index (χ3n) is 5.84. The highest BCUT2D eigenvalue weighted by molar-refractivity contribution is 7.21. The van der Waals surface area contributed by atoms with Crippen molar-refractivity contribution >= 4 is 33.2 Å². The fraction of sp³-hybridized carbons (Fsp3) is 0.583. The molecule has 2 aromatic rings. The van der Waals surface area contributed by atoms with E-state index >= 15 is 0 Å². The SMILES string of the molecule is CC(C)C(=O)N1CCCCC[C@@H]1Cc1c(C(=O)NCCN(C)C)sc2ccccc12. The van der Waals surface area contributed by atoms with Crippen molar-refractivity contribution in [2.24, 2.45) is 5.92 Å². The number of benzene rings is 1. The van der Waals surface area contributed by atoms with Crippen molar-refractivity contribution in [1.82, 2.24) is 15.1 Å². The predicted molar refractivity (Wildman–Crippen MR) is 125 cm³/mol. The number of hydrogen-bond acceptors (Lipinski definition) is 4. The zero-order valence-corrected chi connectivity index (χ0v) is 19.6. The molecular formula is C24H35N3O2S. The van der Waals surface area contributed by atoms with Gasteiger partial charge >= 0.3 is 0 Å². The fourth-order valence-electron chi connectivity index (χ4n) is 4.21. The van der Waals surface area contributed by atoms with Gasteiger partial charge in [0, 0.05) is 36.3 Å². The van der Waals surface area contributed by atoms with E-state index in [-0.39, 0.29) is 23.8 Å². The molecule has 0 aliphatic carbocycles. The zero-order valence-electron chi connectivity index (χ0n) is 18.7. The van der Waals surface area contributed by atoms with Gasteiger partial charge in [-0.05, 0) is 50.4 Å². The third kappa shape index (κ3) is 5.41. The van der Waals surface area contributed by atoms with E-state index in [4.69, 9.17) is 0 Å². The summed E-state index contributed by atoms with van der Waals surface area (Å²) in [4.78, 5) is 30.9. The standard InChI is InChI=1S/C24H35N3O2S/c1-17(2)24(29)27-14-9-5-6-10-18(27)16-20-19-11-7-8-12-21(19)30-22(20)23(28)25-13-15-26(3)4/h7-8,11-12,17-18H,5-6,9-10,13-16H2,1-4H3,(H,25,28)/t18-/m1/s1. The van der Waals surface area contributed by atoms with Gasteiger partial charge in [0.1, 0.15) is 0 Å². The Bertz CT molecular complexity index is 874. The van der Waals surface area contributed by atoms with E-state index in [2.05, 4.69) is 27.2 Å². The maximum absolute atomic E-state index is 13.1. The van der Waals surface area contributed by atoms with E-state index < -0.39 is 0 Å². The van der Waals surface area contributed by atoms with Gasteiger partial charge in [0.25, 0.3) is 5.91 Å². The molecule has 2 amide bonds. The number of carbonyl (C=O) groups is 2. The highest BCUT2D eigenvalue weighted by atomic mass is 32.1. The summed E-state index contributed by atoms with van der Waals surface area (Å²) >= 11 is 1.57. The molecule has 1 saturated heterocycles. The first-order valence-electron chi connectivity index (χ1n) is 11.1. The van der Waals surface area contributed by atoms with Crippen LogP contribution in [0.4, 0.5) is 0 Å². The second kappa shape index (κ2) is 10.4. The minimum atomic E-state index is -0.00128. The van der Waals surface area contributed by atoms with Crippen molar-refractivity contribution in [1.29, 1.82) is 0 Å². The second-order valence-corrected chi connectivity index (χ2v) is 9.91. The van der Waals surface area contributed by atoms with E-state index in [0.717, 1.165) is 59.3 Å². The summed E-state index contributed by atoms with van der Waals surface area (Å²) in [5.41, 5.74) is 1.10. The van der Waals surface area contributed by atoms with E-state index in [9.17, 15) is 9.59 Å². The number of fused-ring (bicyclic) bond motifs is 1. The molecule has 3 rings (SSSR count). The van der Waals surface area contributed by atoms with Gasteiger partial charge < -0.3 is 15.1 Å². The first-order chi connectivity index (χ1) is 14.4. The molecule has 1 aromatic heterocycles. The molecule has 1 aliphatic heterocycles. The lowest BCUT2D eigenvalue weighted by Gasteiger charge is -2.32. The summed E-state index contributed by atoms with van der Waals surface area (Å²) in [6.45, 7) is 6.22. The number of rotatable bonds is 7. The summed E-state index contributed by atoms with van der Waals surface area (Å²) in [7, 11) is 4.01. The largest absolute Gasteiger partial charge is 0.350 e. The molecule has 5 nitrogen and oxygen atoms in total. The maximum Gasteiger partial charge on any atom is 0.261 e. The van der Waals surface area contributed by atoms with Crippen LogP contribution in [0.2, 0.25) is 0 Å². The molecule has 0 bridgehead atoms. The van der Waals surface area contributed by atoms with Crippen molar-refractivity contribution in [3.8, 4) is 0 Å². The lowest BCUT2D eigenvalue weighted by atomic mass is 9.97. The van der Waals surface area contributed by atoms with Gasteiger partial charge in [-0.3, -0.25) is 9.59 Å². The van der Waals surface area contributed by atoms with Gasteiger partial charge in [-0.25, -0.2) is 0 Å². The molecule has 0 unspecified atom stereocenters. The molecule has 1 aliphatic rings. The van der Waals surface area contributed by atoms with Gasteiger partial charge in [-0.1, -0.05) is 44.9 Å². The molecule has 1 aromatic carbocycles. The number of amides is 2. The Morgan fingerprint density at radius 2 is 1.97 bits per heavy atom. The lowest BCUT2D eigenvalue weighted by molar-refractivity contribution is -0.136. The van der Waals surface area contributed by atoms with Crippen LogP contribution in [-0.2, 0) is 11.2 Å². The summed E-state index contributed by atoms with van der Waals surface area (Å²) in [6.07, 6.45) is 5.13. The minimum absolute atomic E-state index is 0.00128. The molecule has 30 heavy (non-hydrogen) atoms. The topological polar surface area (TPSA) is 52.7 Å². The van der Waals surface area contributed by atoms with Crippen LogP contribution in [0.15, 0.2) is 24.3 Å². The molecule has 0 saturated carbocycles.